The number of carbonyl (C=O) groups excluding carboxylic acids is 1. The van der Waals surface area contributed by atoms with E-state index in [-0.39, 0.29) is 18.9 Å². The van der Waals surface area contributed by atoms with Crippen LogP contribution in [0.4, 0.5) is 0 Å². The summed E-state index contributed by atoms with van der Waals surface area (Å²) < 4.78 is 23.5. The molecule has 0 heterocycles. The maximum atomic E-state index is 13.0. The van der Waals surface area contributed by atoms with Gasteiger partial charge < -0.3 is 24.9 Å². The van der Waals surface area contributed by atoms with E-state index in [9.17, 15) is 24.5 Å². The molecule has 0 aromatic rings. The number of rotatable bonds is 49. The Morgan fingerprint density at radius 3 is 1.32 bits per heavy atom. The predicted octanol–water partition coefficient (Wildman–Crippen LogP) is 14.6. The molecule has 0 saturated carbocycles. The molecule has 0 radical (unpaired) electrons. The Morgan fingerprint density at radius 2 is 0.905 bits per heavy atom. The van der Waals surface area contributed by atoms with Crippen LogP contribution < -0.4 is 5.32 Å². The second-order valence-electron chi connectivity index (χ2n) is 19.7. The maximum Gasteiger partial charge on any atom is 0.472 e. The zero-order valence-corrected chi connectivity index (χ0v) is 43.1. The van der Waals surface area contributed by atoms with Crippen molar-refractivity contribution in [3.63, 3.8) is 0 Å². The summed E-state index contributed by atoms with van der Waals surface area (Å²) in [4.78, 5) is 23.3. The first kappa shape index (κ1) is 61.9. The zero-order chi connectivity index (χ0) is 46.5. The molecule has 0 spiro atoms. The van der Waals surface area contributed by atoms with E-state index in [0.29, 0.717) is 23.9 Å². The molecule has 0 aliphatic rings. The number of phosphoric ester groups is 1. The third-order valence-corrected chi connectivity index (χ3v) is 13.3. The Hall–Kier alpha value is -1.06. The average molecular weight is 914 g/mol. The lowest BCUT2D eigenvalue weighted by Crippen LogP contribution is -2.51. The van der Waals surface area contributed by atoms with Crippen LogP contribution in [0.25, 0.3) is 0 Å². The molecule has 0 aromatic heterocycles. The van der Waals surface area contributed by atoms with Gasteiger partial charge in [0.1, 0.15) is 19.3 Å². The lowest BCUT2D eigenvalue weighted by Gasteiger charge is -2.28. The van der Waals surface area contributed by atoms with Crippen LogP contribution in [0.1, 0.15) is 251 Å². The van der Waals surface area contributed by atoms with Crippen molar-refractivity contribution in [1.29, 1.82) is 0 Å². The van der Waals surface area contributed by atoms with Gasteiger partial charge in [-0.25, -0.2) is 4.57 Å². The first-order valence-electron chi connectivity index (χ1n) is 26.8. The number of nitrogens with zero attached hydrogens (tertiary/aromatic N) is 1. The van der Waals surface area contributed by atoms with Gasteiger partial charge in [-0.05, 0) is 51.4 Å². The van der Waals surface area contributed by atoms with E-state index in [2.05, 4.69) is 43.5 Å². The van der Waals surface area contributed by atoms with Crippen molar-refractivity contribution in [3.8, 4) is 0 Å². The molecule has 0 saturated heterocycles. The van der Waals surface area contributed by atoms with E-state index < -0.39 is 32.7 Å². The van der Waals surface area contributed by atoms with Gasteiger partial charge in [0.2, 0.25) is 5.91 Å². The molecule has 0 fully saturated rings. The van der Waals surface area contributed by atoms with Crippen molar-refractivity contribution in [2.45, 2.75) is 270 Å². The van der Waals surface area contributed by atoms with Crippen LogP contribution in [-0.2, 0) is 18.4 Å². The smallest absolute Gasteiger partial charge is 0.390 e. The standard InChI is InChI=1S/C53H105N2O7P/c1-6-8-10-12-14-16-18-20-21-22-23-24-25-26-27-28-29-30-31-32-33-34-36-38-40-42-44-46-52(57)54-50(49-62-63(59,60)61-48-47-55(3,4)5)53(58)51(56)45-43-41-39-37-35-19-17-15-13-11-9-7-2/h15,17,37,39,50-51,53,56,58H,6-14,16,18-36,38,40-49H2,1-5H3,(H-,54,57,59,60)/p+1/b17-15+,39-37+. The summed E-state index contributed by atoms with van der Waals surface area (Å²) in [5.41, 5.74) is 0. The first-order valence-corrected chi connectivity index (χ1v) is 28.3. The van der Waals surface area contributed by atoms with Gasteiger partial charge in [0.25, 0.3) is 0 Å². The lowest BCUT2D eigenvalue weighted by molar-refractivity contribution is -0.870. The van der Waals surface area contributed by atoms with Crippen LogP contribution >= 0.6 is 7.82 Å². The number of quaternary nitrogens is 1. The number of phosphoric acid groups is 1. The van der Waals surface area contributed by atoms with Crippen molar-refractivity contribution < 1.29 is 38.0 Å². The number of nitrogens with one attached hydrogen (secondary N) is 1. The first-order chi connectivity index (χ1) is 30.4. The third kappa shape index (κ3) is 45.9. The van der Waals surface area contributed by atoms with Gasteiger partial charge in [0.05, 0.1) is 39.9 Å². The Morgan fingerprint density at radius 1 is 0.540 bits per heavy atom. The molecular weight excluding hydrogens is 808 g/mol. The highest BCUT2D eigenvalue weighted by Gasteiger charge is 2.31. The van der Waals surface area contributed by atoms with E-state index in [4.69, 9.17) is 9.05 Å². The van der Waals surface area contributed by atoms with Gasteiger partial charge in [0, 0.05) is 6.42 Å². The summed E-state index contributed by atoms with van der Waals surface area (Å²) in [7, 11) is 1.42. The van der Waals surface area contributed by atoms with Crippen molar-refractivity contribution in [3.05, 3.63) is 24.3 Å². The molecule has 0 bridgehead atoms. The lowest BCUT2D eigenvalue weighted by atomic mass is 10.0. The van der Waals surface area contributed by atoms with Crippen LogP contribution in [0.5, 0.6) is 0 Å². The normalized spacial score (nSPS) is 14.7. The number of unbranched alkanes of at least 4 members (excludes halogenated alkanes) is 31. The number of likely N-dealkylation sites (N-methyl/N-ethyl adjacent to an activating group) is 1. The van der Waals surface area contributed by atoms with Crippen LogP contribution in [0.2, 0.25) is 0 Å². The number of hydrogen-bond acceptors (Lipinski definition) is 6. The van der Waals surface area contributed by atoms with Crippen molar-refractivity contribution in [2.24, 2.45) is 0 Å². The molecule has 0 aliphatic carbocycles. The molecule has 4 N–H and O–H groups in total. The Bertz CT molecular complexity index is 1100. The number of amides is 1. The number of hydrogen-bond donors (Lipinski definition) is 4. The van der Waals surface area contributed by atoms with Crippen molar-refractivity contribution in [1.82, 2.24) is 5.32 Å². The minimum atomic E-state index is -4.43. The SMILES string of the molecule is CCCCC/C=C/CC/C=C/CCCC(O)C(O)C(COP(=O)(O)OCC[N+](C)(C)C)NC(=O)CCCCCCCCCCCCCCCCCCCCCCCCCCCCC. The fourth-order valence-corrected chi connectivity index (χ4v) is 8.72. The molecule has 0 rings (SSSR count). The minimum absolute atomic E-state index is 0.0158. The summed E-state index contributed by atoms with van der Waals surface area (Å²) in [5, 5.41) is 24.7. The van der Waals surface area contributed by atoms with Gasteiger partial charge in [0.15, 0.2) is 0 Å². The van der Waals surface area contributed by atoms with E-state index in [1.165, 1.54) is 173 Å². The number of aliphatic hydroxyl groups excluding tert-OH is 2. The topological polar surface area (TPSA) is 125 Å². The molecule has 4 unspecified atom stereocenters. The highest BCUT2D eigenvalue weighted by molar-refractivity contribution is 7.47. The van der Waals surface area contributed by atoms with Gasteiger partial charge in [-0.2, -0.15) is 0 Å². The number of carbonyl (C=O) groups is 1. The maximum absolute atomic E-state index is 13.0. The summed E-state index contributed by atoms with van der Waals surface area (Å²) in [5.74, 6) is -0.268. The Balaban J connectivity index is 4.19. The molecular formula is C53H106N2O7P+. The van der Waals surface area contributed by atoms with Gasteiger partial charge in [-0.15, -0.1) is 0 Å². The third-order valence-electron chi connectivity index (χ3n) is 12.3. The Labute approximate surface area is 390 Å². The van der Waals surface area contributed by atoms with Crippen molar-refractivity contribution in [2.75, 3.05) is 40.9 Å². The van der Waals surface area contributed by atoms with Gasteiger partial charge in [-0.1, -0.05) is 218 Å². The van der Waals surface area contributed by atoms with E-state index in [0.717, 1.165) is 44.9 Å². The van der Waals surface area contributed by atoms with E-state index >= 15 is 0 Å². The number of allylic oxidation sites excluding steroid dienone is 4. The average Bonchev–Trinajstić information content (AvgIpc) is 3.24. The van der Waals surface area contributed by atoms with Crippen LogP contribution in [0.3, 0.4) is 0 Å². The summed E-state index contributed by atoms with van der Waals surface area (Å²) in [6.07, 6.45) is 51.3. The molecule has 1 amide bonds. The highest BCUT2D eigenvalue weighted by Crippen LogP contribution is 2.43. The largest absolute Gasteiger partial charge is 0.472 e. The van der Waals surface area contributed by atoms with Crippen LogP contribution in [0.15, 0.2) is 24.3 Å². The molecule has 374 valence electrons. The van der Waals surface area contributed by atoms with E-state index in [1.54, 1.807) is 0 Å². The second-order valence-corrected chi connectivity index (χ2v) is 21.2. The molecule has 10 heteroatoms. The summed E-state index contributed by atoms with van der Waals surface area (Å²) in [6.45, 7) is 4.57. The van der Waals surface area contributed by atoms with Crippen molar-refractivity contribution >= 4 is 13.7 Å². The minimum Gasteiger partial charge on any atom is -0.390 e. The molecule has 0 aliphatic heterocycles. The predicted molar refractivity (Wildman–Crippen MR) is 269 cm³/mol. The summed E-state index contributed by atoms with van der Waals surface area (Å²) >= 11 is 0. The summed E-state index contributed by atoms with van der Waals surface area (Å²) in [6, 6.07) is -1.05. The molecule has 9 nitrogen and oxygen atoms in total. The van der Waals surface area contributed by atoms with Crippen LogP contribution in [-0.4, -0.2) is 84.6 Å². The molecule has 4 atom stereocenters. The van der Waals surface area contributed by atoms with Gasteiger partial charge in [-0.3, -0.25) is 13.8 Å². The highest BCUT2D eigenvalue weighted by atomic mass is 31.2. The monoisotopic (exact) mass is 914 g/mol. The Kier molecular flexibility index (Phi) is 44.0. The quantitative estimate of drug-likeness (QED) is 0.0207. The number of aliphatic hydroxyl groups is 2. The zero-order valence-electron chi connectivity index (χ0n) is 42.2. The fraction of sp³-hybridized carbons (Fsp3) is 0.906. The molecule has 63 heavy (non-hydrogen) atoms. The second kappa shape index (κ2) is 44.8. The fourth-order valence-electron chi connectivity index (χ4n) is 7.98. The van der Waals surface area contributed by atoms with Crippen LogP contribution in [0, 0.1) is 0 Å². The molecule has 0 aromatic carbocycles. The van der Waals surface area contributed by atoms with E-state index in [1.807, 2.05) is 21.1 Å². The van der Waals surface area contributed by atoms with Gasteiger partial charge >= 0.3 is 7.82 Å².